The summed E-state index contributed by atoms with van der Waals surface area (Å²) < 4.78 is 0. The van der Waals surface area contributed by atoms with Crippen molar-refractivity contribution in [3.63, 3.8) is 0 Å². The van der Waals surface area contributed by atoms with Gasteiger partial charge in [-0.05, 0) is 91.3 Å². The lowest BCUT2D eigenvalue weighted by molar-refractivity contribution is -0.0469. The topological polar surface area (TPSA) is 32.6 Å². The molecule has 164 valence electrons. The number of fused-ring (bicyclic) bond motifs is 5. The highest BCUT2D eigenvalue weighted by atomic mass is 16.4. The van der Waals surface area contributed by atoms with Gasteiger partial charge in [-0.2, -0.15) is 0 Å². The Labute approximate surface area is 179 Å². The minimum Gasteiger partial charge on any atom is -0.411 e. The standard InChI is InChI=1S/C27H45NO/c1-18(2)7-6-8-19(3)23-11-12-24-22-10-9-20-17-21(28-29)13-15-26(20,4)25(22)14-16-27(23,24)5/h9,18-19,22-25,29H,6-8,10-17H2,1-5H3/t19-,22+,23-,24+,25+,26+,27-/m1/s1. The second-order valence-corrected chi connectivity index (χ2v) is 12.1. The van der Waals surface area contributed by atoms with Gasteiger partial charge in [-0.3, -0.25) is 0 Å². The van der Waals surface area contributed by atoms with Gasteiger partial charge < -0.3 is 5.21 Å². The van der Waals surface area contributed by atoms with Crippen LogP contribution in [-0.2, 0) is 0 Å². The van der Waals surface area contributed by atoms with Gasteiger partial charge in [-0.1, -0.05) is 70.7 Å². The van der Waals surface area contributed by atoms with E-state index in [0.717, 1.165) is 54.1 Å². The Bertz CT molecular complexity index is 663. The molecule has 3 fully saturated rings. The molecule has 2 heteroatoms. The maximum absolute atomic E-state index is 9.29. The third kappa shape index (κ3) is 3.61. The predicted molar refractivity (Wildman–Crippen MR) is 122 cm³/mol. The minimum atomic E-state index is 0.361. The Hall–Kier alpha value is -0.790. The zero-order valence-electron chi connectivity index (χ0n) is 19.7. The van der Waals surface area contributed by atoms with Crippen LogP contribution in [0.15, 0.2) is 16.8 Å². The van der Waals surface area contributed by atoms with Gasteiger partial charge in [0.15, 0.2) is 0 Å². The van der Waals surface area contributed by atoms with Crippen LogP contribution in [0.3, 0.4) is 0 Å². The zero-order chi connectivity index (χ0) is 20.8. The van der Waals surface area contributed by atoms with E-state index in [1.54, 1.807) is 5.57 Å². The van der Waals surface area contributed by atoms with Crippen molar-refractivity contribution in [2.24, 2.45) is 51.5 Å². The van der Waals surface area contributed by atoms with E-state index in [2.05, 4.69) is 45.9 Å². The summed E-state index contributed by atoms with van der Waals surface area (Å²) in [5.74, 6) is 5.36. The molecule has 4 rings (SSSR count). The fraction of sp³-hybridized carbons (Fsp3) is 0.889. The summed E-state index contributed by atoms with van der Waals surface area (Å²) in [4.78, 5) is 0. The van der Waals surface area contributed by atoms with Gasteiger partial charge in [0, 0.05) is 6.42 Å². The smallest absolute Gasteiger partial charge is 0.0611 e. The van der Waals surface area contributed by atoms with Crippen molar-refractivity contribution >= 4 is 5.71 Å². The first-order valence-electron chi connectivity index (χ1n) is 12.7. The molecule has 1 N–H and O–H groups in total. The van der Waals surface area contributed by atoms with Crippen LogP contribution in [0.1, 0.15) is 105 Å². The van der Waals surface area contributed by atoms with Gasteiger partial charge in [0.25, 0.3) is 0 Å². The normalized spacial score (nSPS) is 44.2. The van der Waals surface area contributed by atoms with Crippen LogP contribution in [-0.4, -0.2) is 10.9 Å². The Morgan fingerprint density at radius 2 is 1.86 bits per heavy atom. The molecule has 0 heterocycles. The second kappa shape index (κ2) is 8.04. The van der Waals surface area contributed by atoms with E-state index in [-0.39, 0.29) is 0 Å². The van der Waals surface area contributed by atoms with Crippen LogP contribution in [0.25, 0.3) is 0 Å². The van der Waals surface area contributed by atoms with Gasteiger partial charge in [0.05, 0.1) is 5.71 Å². The van der Waals surface area contributed by atoms with E-state index in [1.165, 1.54) is 57.8 Å². The summed E-state index contributed by atoms with van der Waals surface area (Å²) in [6.07, 6.45) is 17.0. The molecule has 0 amide bonds. The molecule has 4 aliphatic carbocycles. The predicted octanol–water partition coefficient (Wildman–Crippen LogP) is 7.86. The van der Waals surface area contributed by atoms with Crippen molar-refractivity contribution in [3.05, 3.63) is 11.6 Å². The summed E-state index contributed by atoms with van der Waals surface area (Å²) in [5.41, 5.74) is 3.54. The number of rotatable bonds is 5. The molecule has 2 nitrogen and oxygen atoms in total. The van der Waals surface area contributed by atoms with Crippen molar-refractivity contribution in [3.8, 4) is 0 Å². The fourth-order valence-electron chi connectivity index (χ4n) is 8.60. The molecule has 0 aromatic heterocycles. The summed E-state index contributed by atoms with van der Waals surface area (Å²) in [6.45, 7) is 12.5. The summed E-state index contributed by atoms with van der Waals surface area (Å²) >= 11 is 0. The van der Waals surface area contributed by atoms with Crippen molar-refractivity contribution < 1.29 is 5.21 Å². The monoisotopic (exact) mass is 399 g/mol. The first-order valence-corrected chi connectivity index (χ1v) is 12.7. The minimum absolute atomic E-state index is 0.361. The first-order chi connectivity index (χ1) is 13.8. The zero-order valence-corrected chi connectivity index (χ0v) is 19.7. The number of nitrogens with zero attached hydrogens (tertiary/aromatic N) is 1. The van der Waals surface area contributed by atoms with Gasteiger partial charge in [0.2, 0.25) is 0 Å². The Morgan fingerprint density at radius 1 is 1.07 bits per heavy atom. The van der Waals surface area contributed by atoms with E-state index in [0.29, 0.717) is 10.8 Å². The second-order valence-electron chi connectivity index (χ2n) is 12.1. The quantitative estimate of drug-likeness (QED) is 0.285. The number of hydrogen-bond acceptors (Lipinski definition) is 2. The van der Waals surface area contributed by atoms with E-state index < -0.39 is 0 Å². The van der Waals surface area contributed by atoms with Crippen LogP contribution >= 0.6 is 0 Å². The summed E-state index contributed by atoms with van der Waals surface area (Å²) in [7, 11) is 0. The molecule has 7 atom stereocenters. The van der Waals surface area contributed by atoms with E-state index in [1.807, 2.05) is 0 Å². The molecule has 0 spiro atoms. The van der Waals surface area contributed by atoms with E-state index in [4.69, 9.17) is 0 Å². The highest BCUT2D eigenvalue weighted by Crippen LogP contribution is 2.67. The third-order valence-electron chi connectivity index (χ3n) is 10.3. The van der Waals surface area contributed by atoms with Crippen molar-refractivity contribution in [1.29, 1.82) is 0 Å². The third-order valence-corrected chi connectivity index (χ3v) is 10.3. The molecule has 0 unspecified atom stereocenters. The lowest BCUT2D eigenvalue weighted by atomic mass is 9.47. The van der Waals surface area contributed by atoms with Crippen LogP contribution in [0.2, 0.25) is 0 Å². The van der Waals surface area contributed by atoms with Crippen LogP contribution < -0.4 is 0 Å². The Morgan fingerprint density at radius 3 is 2.59 bits per heavy atom. The van der Waals surface area contributed by atoms with E-state index in [9.17, 15) is 5.21 Å². The molecule has 0 bridgehead atoms. The molecule has 0 saturated heterocycles. The lowest BCUT2D eigenvalue weighted by Crippen LogP contribution is -2.50. The number of allylic oxidation sites excluding steroid dienone is 2. The molecule has 0 aromatic rings. The van der Waals surface area contributed by atoms with Gasteiger partial charge >= 0.3 is 0 Å². The molecular weight excluding hydrogens is 354 g/mol. The van der Waals surface area contributed by atoms with Crippen LogP contribution in [0.5, 0.6) is 0 Å². The number of hydrogen-bond donors (Lipinski definition) is 1. The summed E-state index contributed by atoms with van der Waals surface area (Å²) in [6, 6.07) is 0. The van der Waals surface area contributed by atoms with Gasteiger partial charge in [0.1, 0.15) is 0 Å². The van der Waals surface area contributed by atoms with Crippen LogP contribution in [0.4, 0.5) is 0 Å². The molecule has 3 saturated carbocycles. The maximum atomic E-state index is 9.29. The largest absolute Gasteiger partial charge is 0.411 e. The molecule has 4 aliphatic rings. The highest BCUT2D eigenvalue weighted by Gasteiger charge is 2.58. The van der Waals surface area contributed by atoms with Gasteiger partial charge in [-0.25, -0.2) is 0 Å². The lowest BCUT2D eigenvalue weighted by Gasteiger charge is -2.58. The SMILES string of the molecule is CC(C)CCC[C@@H](C)[C@H]1CC[C@H]2[C@@H]3CC=C4CC(=NO)CC[C@]4(C)[C@H]3CC[C@]12C. The van der Waals surface area contributed by atoms with E-state index >= 15 is 0 Å². The highest BCUT2D eigenvalue weighted by molar-refractivity contribution is 5.87. The van der Waals surface area contributed by atoms with Crippen LogP contribution in [0, 0.1) is 46.3 Å². The maximum Gasteiger partial charge on any atom is 0.0611 e. The molecule has 0 aromatic carbocycles. The van der Waals surface area contributed by atoms with Crippen molar-refractivity contribution in [2.45, 2.75) is 105 Å². The first kappa shape index (κ1) is 21.4. The van der Waals surface area contributed by atoms with Gasteiger partial charge in [-0.15, -0.1) is 0 Å². The number of oxime groups is 1. The molecule has 0 radical (unpaired) electrons. The average molecular weight is 400 g/mol. The molecular formula is C27H45NO. The molecule has 29 heavy (non-hydrogen) atoms. The van der Waals surface area contributed by atoms with Crippen molar-refractivity contribution in [1.82, 2.24) is 0 Å². The molecule has 0 aliphatic heterocycles. The summed E-state index contributed by atoms with van der Waals surface area (Å²) in [5, 5.41) is 12.9. The fourth-order valence-corrected chi connectivity index (χ4v) is 8.60. The Balaban J connectivity index is 1.50. The average Bonchev–Trinajstić information content (AvgIpc) is 3.04. The van der Waals surface area contributed by atoms with Crippen molar-refractivity contribution in [2.75, 3.05) is 0 Å². The Kier molecular flexibility index (Phi) is 5.95.